The SMILES string of the molecule is [C-]#[N+]c1nc(C2O[B-]3(OC[C@@H]4CCC[NH+]43)O[C@@H]2C)cnc1N. The first-order valence-corrected chi connectivity index (χ1v) is 7.62. The second kappa shape index (κ2) is 4.89. The largest absolute Gasteiger partial charge is 0.624 e. The van der Waals surface area contributed by atoms with Crippen LogP contribution in [0, 0.1) is 6.57 Å². The van der Waals surface area contributed by atoms with Crippen molar-refractivity contribution in [3.63, 3.8) is 0 Å². The molecule has 1 aromatic heterocycles. The molecule has 0 aromatic carbocycles. The second-order valence-corrected chi connectivity index (χ2v) is 6.15. The molecule has 0 saturated carbocycles. The zero-order valence-electron chi connectivity index (χ0n) is 12.4. The third kappa shape index (κ3) is 1.92. The normalized spacial score (nSPS) is 40.0. The predicted molar refractivity (Wildman–Crippen MR) is 77.6 cm³/mol. The average molecular weight is 303 g/mol. The van der Waals surface area contributed by atoms with Gasteiger partial charge in [0.15, 0.2) is 5.69 Å². The number of rotatable bonds is 1. The highest BCUT2D eigenvalue weighted by molar-refractivity contribution is 6.52. The highest BCUT2D eigenvalue weighted by atomic mass is 16.8. The van der Waals surface area contributed by atoms with Crippen molar-refractivity contribution in [3.05, 3.63) is 23.3 Å². The van der Waals surface area contributed by atoms with Crippen molar-refractivity contribution in [1.29, 1.82) is 0 Å². The van der Waals surface area contributed by atoms with Crippen LogP contribution in [-0.4, -0.2) is 42.2 Å². The predicted octanol–water partition coefficient (Wildman–Crippen LogP) is -0.401. The standard InChI is InChI=1S/C13H18BN5O3/c1-8-11(10-6-17-12(15)13(16-2)18-10)22-14(21-8)19-5-3-4-9(19)7-20-14/h6,8-9,11,19H,3-5,7H2,1H3,(H2,15,17)/t8-,9+,11?,14?/m1/s1. The fourth-order valence-electron chi connectivity index (χ4n) is 3.82. The van der Waals surface area contributed by atoms with Gasteiger partial charge >= 0.3 is 12.7 Å². The van der Waals surface area contributed by atoms with Crippen molar-refractivity contribution < 1.29 is 18.8 Å². The molecule has 1 spiro atoms. The van der Waals surface area contributed by atoms with Crippen LogP contribution in [0.25, 0.3) is 4.85 Å². The lowest BCUT2D eigenvalue weighted by Gasteiger charge is -2.33. The Labute approximate surface area is 128 Å². The Kier molecular flexibility index (Phi) is 3.09. The molecule has 22 heavy (non-hydrogen) atoms. The van der Waals surface area contributed by atoms with E-state index < -0.39 is 6.89 Å². The number of nitrogen functional groups attached to an aromatic ring is 1. The van der Waals surface area contributed by atoms with Crippen molar-refractivity contribution in [1.82, 2.24) is 9.97 Å². The number of nitrogens with two attached hydrogens (primary N) is 1. The molecule has 3 aliphatic heterocycles. The summed E-state index contributed by atoms with van der Waals surface area (Å²) in [6.07, 6.45) is 3.27. The number of nitrogens with zero attached hydrogens (tertiary/aromatic N) is 3. The minimum Gasteiger partial charge on any atom is -0.481 e. The van der Waals surface area contributed by atoms with Gasteiger partial charge < -0.3 is 29.4 Å². The first-order valence-electron chi connectivity index (χ1n) is 7.62. The summed E-state index contributed by atoms with van der Waals surface area (Å²) in [4.78, 5) is 12.9. The molecule has 3 unspecified atom stereocenters. The maximum atomic E-state index is 7.10. The van der Waals surface area contributed by atoms with Gasteiger partial charge in [-0.05, 0) is 13.3 Å². The van der Waals surface area contributed by atoms with Gasteiger partial charge in [0, 0.05) is 19.1 Å². The molecule has 0 radical (unpaired) electrons. The van der Waals surface area contributed by atoms with E-state index in [2.05, 4.69) is 14.8 Å². The number of hydrogen-bond donors (Lipinski definition) is 2. The minimum atomic E-state index is -1.79. The van der Waals surface area contributed by atoms with Crippen LogP contribution in [0.15, 0.2) is 6.20 Å². The van der Waals surface area contributed by atoms with E-state index >= 15 is 0 Å². The Morgan fingerprint density at radius 1 is 1.50 bits per heavy atom. The second-order valence-electron chi connectivity index (χ2n) is 6.15. The van der Waals surface area contributed by atoms with Crippen LogP contribution in [0.4, 0.5) is 11.6 Å². The molecular weight excluding hydrogens is 285 g/mol. The molecule has 3 aliphatic rings. The van der Waals surface area contributed by atoms with Gasteiger partial charge in [-0.2, -0.15) is 0 Å². The quantitative estimate of drug-likeness (QED) is 0.542. The van der Waals surface area contributed by atoms with Crippen molar-refractivity contribution in [2.75, 3.05) is 18.9 Å². The van der Waals surface area contributed by atoms with Gasteiger partial charge in [0.2, 0.25) is 0 Å². The van der Waals surface area contributed by atoms with Crippen LogP contribution in [0.3, 0.4) is 0 Å². The monoisotopic (exact) mass is 303 g/mol. The van der Waals surface area contributed by atoms with Crippen molar-refractivity contribution in [2.45, 2.75) is 38.0 Å². The maximum absolute atomic E-state index is 7.10. The fraction of sp³-hybridized carbons (Fsp3) is 0.615. The molecule has 0 amide bonds. The van der Waals surface area contributed by atoms with Crippen molar-refractivity contribution in [2.24, 2.45) is 0 Å². The van der Waals surface area contributed by atoms with Gasteiger partial charge in [0.05, 0.1) is 18.8 Å². The summed E-state index contributed by atoms with van der Waals surface area (Å²) in [6, 6.07) is 0.460. The average Bonchev–Trinajstić information content (AvgIpc) is 3.18. The lowest BCUT2D eigenvalue weighted by molar-refractivity contribution is -0.820. The Balaban J connectivity index is 1.63. The van der Waals surface area contributed by atoms with Crippen LogP contribution >= 0.6 is 0 Å². The molecule has 4 heterocycles. The molecule has 8 nitrogen and oxygen atoms in total. The summed E-state index contributed by atoms with van der Waals surface area (Å²) in [7, 11) is 0. The molecule has 0 aliphatic carbocycles. The van der Waals surface area contributed by atoms with Crippen LogP contribution in [-0.2, 0) is 14.0 Å². The van der Waals surface area contributed by atoms with Crippen molar-refractivity contribution in [3.8, 4) is 0 Å². The summed E-state index contributed by atoms with van der Waals surface area (Å²) < 4.78 is 18.2. The number of hydrogen-bond acceptors (Lipinski definition) is 6. The van der Waals surface area contributed by atoms with E-state index in [4.69, 9.17) is 26.3 Å². The Morgan fingerprint density at radius 3 is 3.18 bits per heavy atom. The first-order chi connectivity index (χ1) is 10.6. The van der Waals surface area contributed by atoms with Crippen LogP contribution in [0.2, 0.25) is 0 Å². The summed E-state index contributed by atoms with van der Waals surface area (Å²) in [5.74, 6) is 0.230. The third-order valence-electron chi connectivity index (χ3n) is 4.86. The minimum absolute atomic E-state index is 0.0977. The summed E-state index contributed by atoms with van der Waals surface area (Å²) in [5, 5.41) is 0. The number of aromatic nitrogens is 2. The lowest BCUT2D eigenvalue weighted by Crippen LogP contribution is -3.22. The summed E-state index contributed by atoms with van der Waals surface area (Å²) in [5.41, 5.74) is 6.20. The van der Waals surface area contributed by atoms with Crippen molar-refractivity contribution >= 4 is 18.5 Å². The zero-order valence-corrected chi connectivity index (χ0v) is 12.4. The number of anilines is 1. The third-order valence-corrected chi connectivity index (χ3v) is 4.86. The van der Waals surface area contributed by atoms with Gasteiger partial charge in [0.25, 0.3) is 0 Å². The molecule has 3 fully saturated rings. The molecule has 4 rings (SSSR count). The van der Waals surface area contributed by atoms with Crippen LogP contribution in [0.5, 0.6) is 0 Å². The van der Waals surface area contributed by atoms with E-state index in [1.54, 1.807) is 6.20 Å². The topological polar surface area (TPSA) is 88.3 Å². The molecule has 0 bridgehead atoms. The van der Waals surface area contributed by atoms with Crippen LogP contribution in [0.1, 0.15) is 31.6 Å². The van der Waals surface area contributed by atoms with E-state index in [1.807, 2.05) is 6.92 Å². The number of quaternary nitrogens is 1. The zero-order chi connectivity index (χ0) is 15.3. The highest BCUT2D eigenvalue weighted by Gasteiger charge is 2.61. The smallest absolute Gasteiger partial charge is 0.481 e. The fourth-order valence-corrected chi connectivity index (χ4v) is 3.82. The van der Waals surface area contributed by atoms with E-state index in [0.717, 1.165) is 13.0 Å². The van der Waals surface area contributed by atoms with E-state index in [0.29, 0.717) is 18.3 Å². The van der Waals surface area contributed by atoms with E-state index in [1.165, 1.54) is 11.2 Å². The van der Waals surface area contributed by atoms with E-state index in [9.17, 15) is 0 Å². The van der Waals surface area contributed by atoms with Crippen LogP contribution < -0.4 is 10.5 Å². The highest BCUT2D eigenvalue weighted by Crippen LogP contribution is 2.36. The summed E-state index contributed by atoms with van der Waals surface area (Å²) >= 11 is 0. The Hall–Kier alpha value is -1.73. The number of nitrogens with one attached hydrogen (secondary N) is 1. The van der Waals surface area contributed by atoms with Gasteiger partial charge in [-0.3, -0.25) is 0 Å². The molecule has 3 N–H and O–H groups in total. The maximum Gasteiger partial charge on any atom is 0.624 e. The molecule has 5 atom stereocenters. The molecular formula is C13H18BN5O3. The van der Waals surface area contributed by atoms with Gasteiger partial charge in [0.1, 0.15) is 11.9 Å². The lowest BCUT2D eigenvalue weighted by atomic mass is 9.95. The van der Waals surface area contributed by atoms with Gasteiger partial charge in [-0.25, -0.2) is 4.98 Å². The molecule has 3 saturated heterocycles. The molecule has 1 aromatic rings. The van der Waals surface area contributed by atoms with Gasteiger partial charge in [-0.1, -0.05) is 6.57 Å². The molecule has 116 valence electrons. The van der Waals surface area contributed by atoms with Gasteiger partial charge in [-0.15, -0.1) is 4.98 Å². The summed E-state index contributed by atoms with van der Waals surface area (Å²) in [6.45, 7) is 8.93. The Morgan fingerprint density at radius 2 is 2.36 bits per heavy atom. The Bertz CT molecular complexity index is 653. The first kappa shape index (κ1) is 13.9. The van der Waals surface area contributed by atoms with E-state index in [-0.39, 0.29) is 23.8 Å². The number of fused-ring (bicyclic) bond motifs is 2. The molecule has 9 heteroatoms.